The average molecular weight is 334 g/mol. The standard InChI is InChI=1S/C17H22N2O3S/c1-11(14-7-4-10-23-14)18-15(20)8-9-19-16(21)12-5-2-3-6-13(12)17(19)22/h4,7,10-13H,2-3,5-6,8-9H2,1H3,(H,18,20)/t11-,12+,13+/m1/s1. The Morgan fingerprint density at radius 2 is 1.96 bits per heavy atom. The first-order chi connectivity index (χ1) is 11.1. The third-order valence-electron chi connectivity index (χ3n) is 4.84. The minimum atomic E-state index is -0.135. The number of amides is 3. The highest BCUT2D eigenvalue weighted by molar-refractivity contribution is 7.10. The monoisotopic (exact) mass is 334 g/mol. The second kappa shape index (κ2) is 6.83. The number of nitrogens with one attached hydrogen (secondary N) is 1. The fourth-order valence-corrected chi connectivity index (χ4v) is 4.32. The molecule has 1 saturated heterocycles. The molecule has 1 aromatic rings. The smallest absolute Gasteiger partial charge is 0.233 e. The number of rotatable bonds is 5. The minimum Gasteiger partial charge on any atom is -0.349 e. The van der Waals surface area contributed by atoms with Crippen LogP contribution < -0.4 is 5.32 Å². The number of fused-ring (bicyclic) bond motifs is 1. The lowest BCUT2D eigenvalue weighted by atomic mass is 9.81. The maximum absolute atomic E-state index is 12.3. The van der Waals surface area contributed by atoms with E-state index in [0.717, 1.165) is 30.6 Å². The van der Waals surface area contributed by atoms with Gasteiger partial charge in [-0.15, -0.1) is 11.3 Å². The molecule has 0 spiro atoms. The van der Waals surface area contributed by atoms with Gasteiger partial charge in [0.1, 0.15) is 0 Å². The molecule has 3 atom stereocenters. The van der Waals surface area contributed by atoms with Crippen LogP contribution in [0.3, 0.4) is 0 Å². The zero-order chi connectivity index (χ0) is 16.4. The molecule has 3 amide bonds. The van der Waals surface area contributed by atoms with Crippen LogP contribution in [0.15, 0.2) is 17.5 Å². The van der Waals surface area contributed by atoms with Gasteiger partial charge in [0.15, 0.2) is 0 Å². The average Bonchev–Trinajstić information content (AvgIpc) is 3.15. The molecule has 5 nitrogen and oxygen atoms in total. The Kier molecular flexibility index (Phi) is 4.80. The lowest BCUT2D eigenvalue weighted by molar-refractivity contribution is -0.140. The predicted molar refractivity (Wildman–Crippen MR) is 87.7 cm³/mol. The lowest BCUT2D eigenvalue weighted by Crippen LogP contribution is -2.36. The van der Waals surface area contributed by atoms with Gasteiger partial charge < -0.3 is 5.32 Å². The largest absolute Gasteiger partial charge is 0.349 e. The molecule has 1 aromatic heterocycles. The molecule has 23 heavy (non-hydrogen) atoms. The van der Waals surface area contributed by atoms with Crippen molar-refractivity contribution in [2.45, 2.75) is 45.1 Å². The number of carbonyl (C=O) groups is 3. The van der Waals surface area contributed by atoms with E-state index in [2.05, 4.69) is 5.32 Å². The maximum atomic E-state index is 12.3. The summed E-state index contributed by atoms with van der Waals surface area (Å²) in [6.07, 6.45) is 3.84. The van der Waals surface area contributed by atoms with E-state index in [9.17, 15) is 14.4 Å². The molecule has 1 aliphatic heterocycles. The van der Waals surface area contributed by atoms with Gasteiger partial charge in [-0.1, -0.05) is 18.9 Å². The highest BCUT2D eigenvalue weighted by Crippen LogP contribution is 2.37. The molecule has 0 unspecified atom stereocenters. The van der Waals surface area contributed by atoms with E-state index < -0.39 is 0 Å². The molecule has 3 rings (SSSR count). The second-order valence-corrected chi connectivity index (χ2v) is 7.36. The first-order valence-electron chi connectivity index (χ1n) is 8.26. The van der Waals surface area contributed by atoms with Gasteiger partial charge in [-0.2, -0.15) is 0 Å². The number of carbonyl (C=O) groups excluding carboxylic acids is 3. The van der Waals surface area contributed by atoms with E-state index in [4.69, 9.17) is 0 Å². The molecule has 1 aliphatic carbocycles. The summed E-state index contributed by atoms with van der Waals surface area (Å²) in [6, 6.07) is 3.88. The molecule has 0 aromatic carbocycles. The first-order valence-corrected chi connectivity index (χ1v) is 9.14. The van der Waals surface area contributed by atoms with Crippen LogP contribution in [-0.2, 0) is 14.4 Å². The van der Waals surface area contributed by atoms with Crippen molar-refractivity contribution in [3.05, 3.63) is 22.4 Å². The van der Waals surface area contributed by atoms with Crippen LogP contribution in [-0.4, -0.2) is 29.2 Å². The Morgan fingerprint density at radius 1 is 1.30 bits per heavy atom. The number of nitrogens with zero attached hydrogens (tertiary/aromatic N) is 1. The number of thiophene rings is 1. The van der Waals surface area contributed by atoms with Gasteiger partial charge in [-0.05, 0) is 31.2 Å². The van der Waals surface area contributed by atoms with Crippen molar-refractivity contribution in [2.24, 2.45) is 11.8 Å². The number of imide groups is 1. The van der Waals surface area contributed by atoms with E-state index in [1.54, 1.807) is 11.3 Å². The summed E-state index contributed by atoms with van der Waals surface area (Å²) in [4.78, 5) is 39.2. The molecular weight excluding hydrogens is 312 g/mol. The highest BCUT2D eigenvalue weighted by Gasteiger charge is 2.47. The van der Waals surface area contributed by atoms with Crippen LogP contribution in [0, 0.1) is 11.8 Å². The minimum absolute atomic E-state index is 0.0462. The van der Waals surface area contributed by atoms with Gasteiger partial charge in [0, 0.05) is 17.8 Å². The Hall–Kier alpha value is -1.69. The van der Waals surface area contributed by atoms with Gasteiger partial charge in [0.2, 0.25) is 17.7 Å². The Bertz CT molecular complexity index is 575. The van der Waals surface area contributed by atoms with Crippen molar-refractivity contribution in [1.29, 1.82) is 0 Å². The van der Waals surface area contributed by atoms with Crippen LogP contribution in [0.5, 0.6) is 0 Å². The van der Waals surface area contributed by atoms with Crippen molar-refractivity contribution in [3.8, 4) is 0 Å². The van der Waals surface area contributed by atoms with Gasteiger partial charge in [-0.25, -0.2) is 0 Å². The summed E-state index contributed by atoms with van der Waals surface area (Å²) < 4.78 is 0. The summed E-state index contributed by atoms with van der Waals surface area (Å²) in [7, 11) is 0. The molecule has 2 aliphatic rings. The van der Waals surface area contributed by atoms with E-state index in [1.807, 2.05) is 24.4 Å². The fourth-order valence-electron chi connectivity index (χ4n) is 3.59. The van der Waals surface area contributed by atoms with Crippen LogP contribution in [0.25, 0.3) is 0 Å². The third-order valence-corrected chi connectivity index (χ3v) is 5.90. The van der Waals surface area contributed by atoms with Crippen LogP contribution in [0.4, 0.5) is 0 Å². The Labute approximate surface area is 140 Å². The van der Waals surface area contributed by atoms with Crippen molar-refractivity contribution in [1.82, 2.24) is 10.2 Å². The third kappa shape index (κ3) is 3.32. The molecule has 124 valence electrons. The first kappa shape index (κ1) is 16.2. The van der Waals surface area contributed by atoms with Crippen molar-refractivity contribution in [3.63, 3.8) is 0 Å². The van der Waals surface area contributed by atoms with Crippen LogP contribution >= 0.6 is 11.3 Å². The number of likely N-dealkylation sites (tertiary alicyclic amines) is 1. The van der Waals surface area contributed by atoms with Gasteiger partial charge in [0.05, 0.1) is 17.9 Å². The predicted octanol–water partition coefficient (Wildman–Crippen LogP) is 2.49. The quantitative estimate of drug-likeness (QED) is 0.841. The Balaban J connectivity index is 1.52. The van der Waals surface area contributed by atoms with Gasteiger partial charge in [0.25, 0.3) is 0 Å². The Morgan fingerprint density at radius 3 is 2.52 bits per heavy atom. The second-order valence-electron chi connectivity index (χ2n) is 6.38. The van der Waals surface area contributed by atoms with Gasteiger partial charge >= 0.3 is 0 Å². The van der Waals surface area contributed by atoms with E-state index >= 15 is 0 Å². The molecule has 2 fully saturated rings. The van der Waals surface area contributed by atoms with Gasteiger partial charge in [-0.3, -0.25) is 19.3 Å². The number of hydrogen-bond donors (Lipinski definition) is 1. The SMILES string of the molecule is C[C@@H](NC(=O)CCN1C(=O)[C@H]2CCCC[C@@H]2C1=O)c1cccs1. The van der Waals surface area contributed by atoms with Crippen molar-refractivity contribution in [2.75, 3.05) is 6.54 Å². The zero-order valence-corrected chi connectivity index (χ0v) is 14.1. The molecule has 0 bridgehead atoms. The summed E-state index contributed by atoms with van der Waals surface area (Å²) in [5, 5.41) is 4.89. The molecule has 2 heterocycles. The van der Waals surface area contributed by atoms with E-state index in [0.29, 0.717) is 0 Å². The topological polar surface area (TPSA) is 66.5 Å². The summed E-state index contributed by atoms with van der Waals surface area (Å²) in [5.41, 5.74) is 0. The van der Waals surface area contributed by atoms with E-state index in [-0.39, 0.29) is 48.6 Å². The van der Waals surface area contributed by atoms with Crippen molar-refractivity contribution >= 4 is 29.1 Å². The summed E-state index contributed by atoms with van der Waals surface area (Å²) in [6.45, 7) is 2.14. The van der Waals surface area contributed by atoms with E-state index in [1.165, 1.54) is 4.90 Å². The fraction of sp³-hybridized carbons (Fsp3) is 0.588. The molecule has 1 saturated carbocycles. The maximum Gasteiger partial charge on any atom is 0.233 e. The highest BCUT2D eigenvalue weighted by atomic mass is 32.1. The zero-order valence-electron chi connectivity index (χ0n) is 13.3. The van der Waals surface area contributed by atoms with Crippen LogP contribution in [0.2, 0.25) is 0 Å². The molecular formula is C17H22N2O3S. The van der Waals surface area contributed by atoms with Crippen LogP contribution in [0.1, 0.15) is 49.9 Å². The number of hydrogen-bond acceptors (Lipinski definition) is 4. The normalized spacial score (nSPS) is 25.3. The van der Waals surface area contributed by atoms with Crippen molar-refractivity contribution < 1.29 is 14.4 Å². The molecule has 1 N–H and O–H groups in total. The summed E-state index contributed by atoms with van der Waals surface area (Å²) >= 11 is 1.60. The molecule has 6 heteroatoms. The molecule has 0 radical (unpaired) electrons. The lowest BCUT2D eigenvalue weighted by Gasteiger charge is -2.19. The summed E-state index contributed by atoms with van der Waals surface area (Å²) in [5.74, 6) is -0.535.